The van der Waals surface area contributed by atoms with E-state index < -0.39 is 0 Å². The van der Waals surface area contributed by atoms with Gasteiger partial charge in [0.1, 0.15) is 11.6 Å². The molecule has 2 fully saturated rings. The fourth-order valence-corrected chi connectivity index (χ4v) is 7.43. The maximum Gasteiger partial charge on any atom is 0.266 e. The van der Waals surface area contributed by atoms with Crippen molar-refractivity contribution in [1.29, 1.82) is 0 Å². The number of rotatable bonds is 12. The van der Waals surface area contributed by atoms with Crippen molar-refractivity contribution in [3.8, 4) is 34.3 Å². The minimum atomic E-state index is -0.0918. The summed E-state index contributed by atoms with van der Waals surface area (Å²) in [5.74, 6) is 2.47. The first-order chi connectivity index (χ1) is 25.6. The Morgan fingerprint density at radius 1 is 0.769 bits per heavy atom. The molecule has 4 aromatic carbocycles. The molecule has 0 aliphatic carbocycles. The Labute approximate surface area is 303 Å². The molecule has 4 heterocycles. The molecule has 0 spiro atoms. The normalized spacial score (nSPS) is 16.6. The Bertz CT molecular complexity index is 2160. The number of hydrogen-bond acceptors (Lipinski definition) is 8. The largest absolute Gasteiger partial charge is 0.494 e. The first-order valence-electron chi connectivity index (χ1n) is 18.4. The number of carbonyl (C=O) groups excluding carboxylic acids is 1. The minimum Gasteiger partial charge on any atom is -0.494 e. The summed E-state index contributed by atoms with van der Waals surface area (Å²) < 4.78 is 19.5. The summed E-state index contributed by atoms with van der Waals surface area (Å²) in [7, 11) is 1.59. The van der Waals surface area contributed by atoms with Gasteiger partial charge in [0.15, 0.2) is 11.5 Å². The molecule has 0 saturated carbocycles. The number of aliphatic imine (C=N–C) groups is 1. The van der Waals surface area contributed by atoms with E-state index in [1.54, 1.807) is 17.7 Å². The number of unbranched alkanes of at least 4 members (excludes halogenated alkanes) is 2. The number of hydrogen-bond donors (Lipinski definition) is 0. The summed E-state index contributed by atoms with van der Waals surface area (Å²) in [5.41, 5.74) is 4.46. The van der Waals surface area contributed by atoms with Gasteiger partial charge in [0.05, 0.1) is 54.2 Å². The molecule has 1 amide bonds. The van der Waals surface area contributed by atoms with Crippen LogP contribution in [0.25, 0.3) is 28.0 Å². The molecule has 266 valence electrons. The molecule has 1 aromatic heterocycles. The van der Waals surface area contributed by atoms with E-state index >= 15 is 0 Å². The Morgan fingerprint density at radius 3 is 2.33 bits per heavy atom. The number of aromatic nitrogens is 2. The highest BCUT2D eigenvalue weighted by Crippen LogP contribution is 2.38. The molecule has 0 bridgehead atoms. The molecule has 3 aliphatic rings. The van der Waals surface area contributed by atoms with E-state index in [2.05, 4.69) is 16.0 Å². The Hall–Kier alpha value is -5.64. The Morgan fingerprint density at radius 2 is 1.54 bits per heavy atom. The third-order valence-electron chi connectivity index (χ3n) is 10.2. The highest BCUT2D eigenvalue weighted by atomic mass is 16.5. The summed E-state index contributed by atoms with van der Waals surface area (Å²) in [6, 6.07) is 27.2. The van der Waals surface area contributed by atoms with Crippen molar-refractivity contribution in [3.05, 3.63) is 101 Å². The first-order valence-corrected chi connectivity index (χ1v) is 18.4. The number of amides is 1. The van der Waals surface area contributed by atoms with Crippen LogP contribution in [0.5, 0.6) is 17.2 Å². The second kappa shape index (κ2) is 14.9. The van der Waals surface area contributed by atoms with E-state index in [0.29, 0.717) is 52.7 Å². The number of carbonyl (C=O) groups is 1. The number of anilines is 1. The molecule has 5 aromatic rings. The van der Waals surface area contributed by atoms with Crippen LogP contribution in [0, 0.1) is 0 Å². The van der Waals surface area contributed by atoms with Crippen molar-refractivity contribution in [2.45, 2.75) is 51.0 Å². The van der Waals surface area contributed by atoms with Crippen molar-refractivity contribution in [1.82, 2.24) is 14.5 Å². The Balaban J connectivity index is 0.895. The molecule has 52 heavy (non-hydrogen) atoms. The topological polar surface area (TPSA) is 98.5 Å². The molecule has 1 atom stereocenters. The standard InChI is InChI=1S/C42H43N5O5/c1-50-38-26-35-37(43-28-32-13-10-22-46(32)41(35)48)27-39(38)52-24-9-3-8-23-51-33-17-14-30(15-18-33)47-40(29-11-4-2-5-12-29)44-36-19-16-31(25-34(36)42(47)49)45-20-6-7-21-45/h2,4-5,11-12,14-19,25-28,32H,3,6-10,13,20-24H2,1H3/t32-/m0/s1. The molecular weight excluding hydrogens is 654 g/mol. The van der Waals surface area contributed by atoms with Gasteiger partial charge in [-0.05, 0) is 93.5 Å². The van der Waals surface area contributed by atoms with Crippen LogP contribution in [0.3, 0.4) is 0 Å². The van der Waals surface area contributed by atoms with E-state index in [1.807, 2.05) is 83.9 Å². The number of fused-ring (bicyclic) bond motifs is 3. The van der Waals surface area contributed by atoms with Gasteiger partial charge in [-0.25, -0.2) is 4.98 Å². The average molecular weight is 698 g/mol. The second-order valence-electron chi connectivity index (χ2n) is 13.6. The first kappa shape index (κ1) is 33.5. The van der Waals surface area contributed by atoms with Crippen molar-refractivity contribution < 1.29 is 19.0 Å². The highest BCUT2D eigenvalue weighted by molar-refractivity contribution is 6.03. The average Bonchev–Trinajstić information content (AvgIpc) is 3.88. The summed E-state index contributed by atoms with van der Waals surface area (Å²) in [5, 5.41) is 0.609. The fraction of sp³-hybridized carbons (Fsp3) is 0.333. The smallest absolute Gasteiger partial charge is 0.266 e. The molecule has 8 rings (SSSR count). The number of ether oxygens (including phenoxy) is 3. The summed E-state index contributed by atoms with van der Waals surface area (Å²) in [6.45, 7) is 3.84. The number of nitrogens with zero attached hydrogens (tertiary/aromatic N) is 5. The van der Waals surface area contributed by atoms with Gasteiger partial charge in [0, 0.05) is 43.2 Å². The van der Waals surface area contributed by atoms with Gasteiger partial charge < -0.3 is 24.0 Å². The van der Waals surface area contributed by atoms with Gasteiger partial charge in [0.25, 0.3) is 11.5 Å². The quantitative estimate of drug-likeness (QED) is 0.124. The zero-order chi connectivity index (χ0) is 35.4. The Kier molecular flexibility index (Phi) is 9.61. The van der Waals surface area contributed by atoms with Crippen molar-refractivity contribution in [2.75, 3.05) is 44.9 Å². The zero-order valence-electron chi connectivity index (χ0n) is 29.5. The maximum absolute atomic E-state index is 14.2. The molecule has 0 N–H and O–H groups in total. The van der Waals surface area contributed by atoms with Crippen LogP contribution >= 0.6 is 0 Å². The van der Waals surface area contributed by atoms with Gasteiger partial charge in [-0.2, -0.15) is 0 Å². The van der Waals surface area contributed by atoms with Crippen LogP contribution in [-0.2, 0) is 0 Å². The van der Waals surface area contributed by atoms with Crippen molar-refractivity contribution >= 4 is 34.4 Å². The van der Waals surface area contributed by atoms with E-state index in [-0.39, 0.29) is 17.5 Å². The van der Waals surface area contributed by atoms with Crippen LogP contribution in [0.15, 0.2) is 94.7 Å². The van der Waals surface area contributed by atoms with Crippen molar-refractivity contribution in [2.24, 2.45) is 4.99 Å². The van der Waals surface area contributed by atoms with E-state index in [0.717, 1.165) is 74.4 Å². The fourth-order valence-electron chi connectivity index (χ4n) is 7.43. The third-order valence-corrected chi connectivity index (χ3v) is 10.2. The van der Waals surface area contributed by atoms with Gasteiger partial charge in [0.2, 0.25) is 0 Å². The lowest BCUT2D eigenvalue weighted by Gasteiger charge is -2.20. The monoisotopic (exact) mass is 697 g/mol. The van der Waals surface area contributed by atoms with Crippen LogP contribution in [0.2, 0.25) is 0 Å². The molecule has 2 saturated heterocycles. The lowest BCUT2D eigenvalue weighted by molar-refractivity contribution is 0.0774. The van der Waals surface area contributed by atoms with Gasteiger partial charge in [-0.15, -0.1) is 0 Å². The second-order valence-corrected chi connectivity index (χ2v) is 13.6. The zero-order valence-corrected chi connectivity index (χ0v) is 29.5. The van der Waals surface area contributed by atoms with E-state index in [4.69, 9.17) is 19.2 Å². The lowest BCUT2D eigenvalue weighted by Crippen LogP contribution is -2.35. The summed E-state index contributed by atoms with van der Waals surface area (Å²) >= 11 is 0. The van der Waals surface area contributed by atoms with E-state index in [9.17, 15) is 9.59 Å². The molecule has 0 radical (unpaired) electrons. The molecule has 10 nitrogen and oxygen atoms in total. The molecule has 10 heteroatoms. The van der Waals surface area contributed by atoms with Crippen LogP contribution in [-0.4, -0.2) is 72.6 Å². The van der Waals surface area contributed by atoms with Gasteiger partial charge in [-0.3, -0.25) is 19.1 Å². The van der Waals surface area contributed by atoms with Crippen LogP contribution in [0.4, 0.5) is 11.4 Å². The predicted molar refractivity (Wildman–Crippen MR) is 204 cm³/mol. The van der Waals surface area contributed by atoms with Gasteiger partial charge in [-0.1, -0.05) is 30.3 Å². The molecule has 3 aliphatic heterocycles. The minimum absolute atomic E-state index is 0.00240. The van der Waals surface area contributed by atoms with Crippen LogP contribution < -0.4 is 24.7 Å². The predicted octanol–water partition coefficient (Wildman–Crippen LogP) is 7.61. The van der Waals surface area contributed by atoms with Gasteiger partial charge >= 0.3 is 0 Å². The van der Waals surface area contributed by atoms with E-state index in [1.165, 1.54) is 12.8 Å². The number of benzene rings is 4. The van der Waals surface area contributed by atoms with Crippen LogP contribution in [0.1, 0.15) is 55.3 Å². The summed E-state index contributed by atoms with van der Waals surface area (Å²) in [4.78, 5) is 41.1. The molecule has 0 unspecified atom stereocenters. The lowest BCUT2D eigenvalue weighted by atomic mass is 10.1. The summed E-state index contributed by atoms with van der Waals surface area (Å²) in [6.07, 6.45) is 8.76. The molecular formula is C42H43N5O5. The maximum atomic E-state index is 14.2. The van der Waals surface area contributed by atoms with Crippen molar-refractivity contribution in [3.63, 3.8) is 0 Å². The number of methoxy groups -OCH3 is 1. The third kappa shape index (κ3) is 6.73. The SMILES string of the molecule is COc1cc2c(cc1OCCCCCOc1ccc(-n3c(-c4ccccc4)nc4ccc(N5CCCC5)cc4c3=O)cc1)N=C[C@@H]1CCCN1C2=O. The highest BCUT2D eigenvalue weighted by Gasteiger charge is 2.32.